The standard InChI is InChI=1S/C13H18N2O4/c16-8-10-2-1-5-14(7-10)13-4-3-12(15(18)19)6-11(13)9-17/h3-4,6,10,16-17H,1-2,5,7-9H2. The zero-order chi connectivity index (χ0) is 13.8. The minimum Gasteiger partial charge on any atom is -0.396 e. The minimum absolute atomic E-state index is 0.0106. The molecule has 6 nitrogen and oxygen atoms in total. The molecule has 1 saturated heterocycles. The van der Waals surface area contributed by atoms with Crippen LogP contribution in [0.5, 0.6) is 0 Å². The van der Waals surface area contributed by atoms with Crippen molar-refractivity contribution in [3.8, 4) is 0 Å². The number of piperidine rings is 1. The molecule has 0 radical (unpaired) electrons. The van der Waals surface area contributed by atoms with Gasteiger partial charge in [0.15, 0.2) is 0 Å². The van der Waals surface area contributed by atoms with Gasteiger partial charge in [-0.2, -0.15) is 0 Å². The van der Waals surface area contributed by atoms with Crippen LogP contribution in [-0.4, -0.2) is 34.8 Å². The van der Waals surface area contributed by atoms with Crippen molar-refractivity contribution in [3.05, 3.63) is 33.9 Å². The number of nitro benzene ring substituents is 1. The van der Waals surface area contributed by atoms with Gasteiger partial charge in [0.1, 0.15) is 0 Å². The van der Waals surface area contributed by atoms with Crippen LogP contribution in [0.4, 0.5) is 11.4 Å². The molecule has 1 unspecified atom stereocenters. The predicted octanol–water partition coefficient (Wildman–Crippen LogP) is 1.30. The smallest absolute Gasteiger partial charge is 0.269 e. The Kier molecular flexibility index (Phi) is 4.34. The Morgan fingerprint density at radius 2 is 2.21 bits per heavy atom. The molecule has 1 fully saturated rings. The molecular weight excluding hydrogens is 248 g/mol. The first-order valence-corrected chi connectivity index (χ1v) is 6.39. The fourth-order valence-corrected chi connectivity index (χ4v) is 2.55. The molecule has 0 spiro atoms. The summed E-state index contributed by atoms with van der Waals surface area (Å²) >= 11 is 0. The Balaban J connectivity index is 2.26. The van der Waals surface area contributed by atoms with Crippen molar-refractivity contribution in [2.45, 2.75) is 19.4 Å². The molecule has 0 bridgehead atoms. The van der Waals surface area contributed by atoms with E-state index in [1.807, 2.05) is 0 Å². The maximum atomic E-state index is 10.7. The predicted molar refractivity (Wildman–Crippen MR) is 71.0 cm³/mol. The van der Waals surface area contributed by atoms with Gasteiger partial charge in [0.25, 0.3) is 5.69 Å². The molecule has 2 N–H and O–H groups in total. The van der Waals surface area contributed by atoms with E-state index in [4.69, 9.17) is 0 Å². The zero-order valence-corrected chi connectivity index (χ0v) is 10.7. The molecule has 1 atom stereocenters. The monoisotopic (exact) mass is 266 g/mol. The second-order valence-electron chi connectivity index (χ2n) is 4.87. The molecule has 1 heterocycles. The lowest BCUT2D eigenvalue weighted by Gasteiger charge is -2.34. The fourth-order valence-electron chi connectivity index (χ4n) is 2.55. The van der Waals surface area contributed by atoms with E-state index < -0.39 is 4.92 Å². The topological polar surface area (TPSA) is 86.8 Å². The highest BCUT2D eigenvalue weighted by molar-refractivity contribution is 5.58. The number of nitrogens with zero attached hydrogens (tertiary/aromatic N) is 2. The highest BCUT2D eigenvalue weighted by atomic mass is 16.6. The summed E-state index contributed by atoms with van der Waals surface area (Å²) in [4.78, 5) is 12.4. The molecule has 19 heavy (non-hydrogen) atoms. The van der Waals surface area contributed by atoms with E-state index in [2.05, 4.69) is 4.90 Å². The van der Waals surface area contributed by atoms with Gasteiger partial charge in [-0.1, -0.05) is 0 Å². The molecule has 0 amide bonds. The first-order chi connectivity index (χ1) is 9.15. The summed E-state index contributed by atoms with van der Waals surface area (Å²) in [6, 6.07) is 4.55. The van der Waals surface area contributed by atoms with Crippen molar-refractivity contribution in [3.63, 3.8) is 0 Å². The van der Waals surface area contributed by atoms with E-state index in [9.17, 15) is 20.3 Å². The maximum Gasteiger partial charge on any atom is 0.269 e. The summed E-state index contributed by atoms with van der Waals surface area (Å²) < 4.78 is 0. The highest BCUT2D eigenvalue weighted by Gasteiger charge is 2.22. The summed E-state index contributed by atoms with van der Waals surface area (Å²) in [7, 11) is 0. The Hall–Kier alpha value is -1.66. The number of aliphatic hydroxyl groups is 2. The lowest BCUT2D eigenvalue weighted by atomic mass is 9.97. The molecule has 1 aromatic carbocycles. The molecule has 1 aliphatic rings. The van der Waals surface area contributed by atoms with Gasteiger partial charge in [0.2, 0.25) is 0 Å². The highest BCUT2D eigenvalue weighted by Crippen LogP contribution is 2.29. The van der Waals surface area contributed by atoms with Crippen molar-refractivity contribution in [1.82, 2.24) is 0 Å². The van der Waals surface area contributed by atoms with Gasteiger partial charge in [-0.05, 0) is 24.8 Å². The molecule has 2 rings (SSSR count). The van der Waals surface area contributed by atoms with Crippen LogP contribution in [0.2, 0.25) is 0 Å². The fraction of sp³-hybridized carbons (Fsp3) is 0.538. The molecule has 1 aliphatic heterocycles. The maximum absolute atomic E-state index is 10.7. The Morgan fingerprint density at radius 3 is 2.84 bits per heavy atom. The third kappa shape index (κ3) is 3.02. The number of non-ortho nitro benzene ring substituents is 1. The molecule has 104 valence electrons. The van der Waals surface area contributed by atoms with E-state index >= 15 is 0 Å². The quantitative estimate of drug-likeness (QED) is 0.633. The van der Waals surface area contributed by atoms with E-state index in [0.717, 1.165) is 31.6 Å². The third-order valence-corrected chi connectivity index (χ3v) is 3.56. The van der Waals surface area contributed by atoms with Gasteiger partial charge in [0, 0.05) is 43.1 Å². The summed E-state index contributed by atoms with van der Waals surface area (Å²) in [6.45, 7) is 1.50. The van der Waals surface area contributed by atoms with Crippen molar-refractivity contribution in [1.29, 1.82) is 0 Å². The molecule has 6 heteroatoms. The van der Waals surface area contributed by atoms with E-state index in [1.54, 1.807) is 6.07 Å². The van der Waals surface area contributed by atoms with Crippen LogP contribution in [0, 0.1) is 16.0 Å². The normalized spacial score (nSPS) is 19.5. The van der Waals surface area contributed by atoms with Crippen LogP contribution in [-0.2, 0) is 6.61 Å². The van der Waals surface area contributed by atoms with E-state index in [-0.39, 0.29) is 24.8 Å². The average molecular weight is 266 g/mol. The van der Waals surface area contributed by atoms with Crippen LogP contribution in [0.25, 0.3) is 0 Å². The molecular formula is C13H18N2O4. The van der Waals surface area contributed by atoms with Crippen molar-refractivity contribution >= 4 is 11.4 Å². The SMILES string of the molecule is O=[N+]([O-])c1ccc(N2CCCC(CO)C2)c(CO)c1. The average Bonchev–Trinajstić information content (AvgIpc) is 2.46. The second kappa shape index (κ2) is 5.99. The number of anilines is 1. The van der Waals surface area contributed by atoms with Crippen molar-refractivity contribution in [2.75, 3.05) is 24.6 Å². The number of aliphatic hydroxyl groups excluding tert-OH is 2. The van der Waals surface area contributed by atoms with E-state index in [0.29, 0.717) is 5.56 Å². The molecule has 1 aromatic rings. The lowest BCUT2D eigenvalue weighted by Crippen LogP contribution is -2.37. The zero-order valence-electron chi connectivity index (χ0n) is 10.7. The van der Waals surface area contributed by atoms with Gasteiger partial charge in [-0.25, -0.2) is 0 Å². The summed E-state index contributed by atoms with van der Waals surface area (Å²) in [6.07, 6.45) is 1.97. The first-order valence-electron chi connectivity index (χ1n) is 6.39. The summed E-state index contributed by atoms with van der Waals surface area (Å²) in [5.41, 5.74) is 1.38. The molecule has 0 aliphatic carbocycles. The van der Waals surface area contributed by atoms with Gasteiger partial charge in [0.05, 0.1) is 11.5 Å². The van der Waals surface area contributed by atoms with Crippen LogP contribution >= 0.6 is 0 Å². The summed E-state index contributed by atoms with van der Waals surface area (Å²) in [5.74, 6) is 0.232. The number of rotatable bonds is 4. The largest absolute Gasteiger partial charge is 0.396 e. The third-order valence-electron chi connectivity index (χ3n) is 3.56. The van der Waals surface area contributed by atoms with Gasteiger partial charge >= 0.3 is 0 Å². The molecule has 0 saturated carbocycles. The van der Waals surface area contributed by atoms with Crippen molar-refractivity contribution in [2.24, 2.45) is 5.92 Å². The Morgan fingerprint density at radius 1 is 1.42 bits per heavy atom. The minimum atomic E-state index is -0.463. The van der Waals surface area contributed by atoms with Gasteiger partial charge in [-0.15, -0.1) is 0 Å². The second-order valence-corrected chi connectivity index (χ2v) is 4.87. The summed E-state index contributed by atoms with van der Waals surface area (Å²) in [5, 5.41) is 29.3. The lowest BCUT2D eigenvalue weighted by molar-refractivity contribution is -0.384. The van der Waals surface area contributed by atoms with Gasteiger partial charge < -0.3 is 15.1 Å². The van der Waals surface area contributed by atoms with Gasteiger partial charge in [-0.3, -0.25) is 10.1 Å². The van der Waals surface area contributed by atoms with Crippen LogP contribution in [0.1, 0.15) is 18.4 Å². The number of hydrogen-bond donors (Lipinski definition) is 2. The number of hydrogen-bond acceptors (Lipinski definition) is 5. The number of nitro groups is 1. The Bertz CT molecular complexity index is 464. The van der Waals surface area contributed by atoms with Crippen LogP contribution < -0.4 is 4.90 Å². The van der Waals surface area contributed by atoms with Crippen LogP contribution in [0.3, 0.4) is 0 Å². The van der Waals surface area contributed by atoms with Crippen molar-refractivity contribution < 1.29 is 15.1 Å². The molecule has 0 aromatic heterocycles. The van der Waals surface area contributed by atoms with E-state index in [1.165, 1.54) is 12.1 Å². The Labute approximate surface area is 111 Å². The number of benzene rings is 1. The van der Waals surface area contributed by atoms with Crippen LogP contribution in [0.15, 0.2) is 18.2 Å². The first kappa shape index (κ1) is 13.8.